The molecule has 0 aromatic carbocycles. The fraction of sp³-hybridized carbons (Fsp3) is 0.600. The molecule has 0 aliphatic rings. The first-order valence-electron chi connectivity index (χ1n) is 2.70. The fourth-order valence-corrected chi connectivity index (χ4v) is 0.234. The molecule has 74 valence electrons. The highest BCUT2D eigenvalue weighted by Gasteiger charge is 2.06. The van der Waals surface area contributed by atoms with Crippen LogP contribution in [0.5, 0.6) is 0 Å². The van der Waals surface area contributed by atoms with Crippen molar-refractivity contribution in [2.45, 2.75) is 13.0 Å². The van der Waals surface area contributed by atoms with E-state index in [-0.39, 0.29) is 18.2 Å². The van der Waals surface area contributed by atoms with Gasteiger partial charge in [0.05, 0.1) is 0 Å². The molecule has 0 aromatic rings. The summed E-state index contributed by atoms with van der Waals surface area (Å²) in [5.74, 6) is -1.65. The largest absolute Gasteiger partial charge is 0.481 e. The number of aliphatic carboxylic acids is 2. The minimum Gasteiger partial charge on any atom is -0.481 e. The Kier molecular flexibility index (Phi) is 15.4. The average Bonchev–Trinajstić information content (AvgIpc) is 1.85. The molecule has 0 amide bonds. The number of rotatable bonds is 2. The van der Waals surface area contributed by atoms with Gasteiger partial charge in [-0.25, -0.2) is 0 Å². The monoisotopic (exact) mass is 217 g/mol. The van der Waals surface area contributed by atoms with Crippen molar-refractivity contribution in [3.8, 4) is 0 Å². The molecule has 0 unspecified atom stereocenters. The van der Waals surface area contributed by atoms with E-state index in [0.29, 0.717) is 0 Å². The van der Waals surface area contributed by atoms with Gasteiger partial charge in [-0.15, -0.1) is 12.4 Å². The first kappa shape index (κ1) is 17.6. The SMILES string of the molecule is CC(=O)O.Cl.N[C@@H](CS)C(=O)O. The second-order valence-corrected chi connectivity index (χ2v) is 2.01. The predicted octanol–water partition coefficient (Wildman–Crippen LogP) is -0.159. The van der Waals surface area contributed by atoms with Crippen LogP contribution in [-0.4, -0.2) is 33.9 Å². The maximum absolute atomic E-state index is 9.76. The van der Waals surface area contributed by atoms with E-state index in [1.54, 1.807) is 0 Å². The lowest BCUT2D eigenvalue weighted by Crippen LogP contribution is -2.31. The Labute approximate surface area is 81.8 Å². The Morgan fingerprint density at radius 3 is 1.75 bits per heavy atom. The maximum atomic E-state index is 9.76. The smallest absolute Gasteiger partial charge is 0.321 e. The van der Waals surface area contributed by atoms with Crippen LogP contribution in [0.4, 0.5) is 0 Å². The highest BCUT2D eigenvalue weighted by Crippen LogP contribution is 1.80. The summed E-state index contributed by atoms with van der Waals surface area (Å²) in [5.41, 5.74) is 4.94. The molecule has 0 aliphatic heterocycles. The molecule has 0 heterocycles. The Morgan fingerprint density at radius 2 is 1.75 bits per heavy atom. The van der Waals surface area contributed by atoms with Crippen molar-refractivity contribution in [2.75, 3.05) is 5.75 Å². The molecule has 0 rings (SSSR count). The van der Waals surface area contributed by atoms with Gasteiger partial charge >= 0.3 is 5.97 Å². The molecule has 0 aliphatic carbocycles. The number of hydrogen-bond acceptors (Lipinski definition) is 4. The number of carbonyl (C=O) groups is 2. The van der Waals surface area contributed by atoms with Gasteiger partial charge in [-0.3, -0.25) is 9.59 Å². The summed E-state index contributed by atoms with van der Waals surface area (Å²) in [6.07, 6.45) is 0. The molecule has 0 saturated heterocycles. The Hall–Kier alpha value is -0.460. The summed E-state index contributed by atoms with van der Waals surface area (Å²) in [7, 11) is 0. The number of carboxylic acid groups (broad SMARTS) is 2. The molecule has 0 fully saturated rings. The first-order chi connectivity index (χ1) is 4.91. The molecule has 5 nitrogen and oxygen atoms in total. The van der Waals surface area contributed by atoms with Gasteiger partial charge in [0.25, 0.3) is 5.97 Å². The number of hydrogen-bond donors (Lipinski definition) is 4. The van der Waals surface area contributed by atoms with E-state index in [4.69, 9.17) is 20.7 Å². The highest BCUT2D eigenvalue weighted by atomic mass is 35.5. The van der Waals surface area contributed by atoms with Crippen molar-refractivity contribution in [3.05, 3.63) is 0 Å². The predicted molar refractivity (Wildman–Crippen MR) is 50.0 cm³/mol. The molecule has 4 N–H and O–H groups in total. The van der Waals surface area contributed by atoms with Crippen LogP contribution < -0.4 is 5.73 Å². The molecule has 0 aromatic heterocycles. The summed E-state index contributed by atoms with van der Waals surface area (Å²) in [4.78, 5) is 18.8. The van der Waals surface area contributed by atoms with Gasteiger partial charge in [0.2, 0.25) is 0 Å². The zero-order chi connectivity index (χ0) is 9.44. The zero-order valence-corrected chi connectivity index (χ0v) is 8.14. The molecule has 0 saturated carbocycles. The third kappa shape index (κ3) is 22.7. The lowest BCUT2D eigenvalue weighted by atomic mass is 10.4. The average molecular weight is 218 g/mol. The maximum Gasteiger partial charge on any atom is 0.321 e. The quantitative estimate of drug-likeness (QED) is 0.482. The minimum absolute atomic E-state index is 0. The van der Waals surface area contributed by atoms with E-state index in [0.717, 1.165) is 6.92 Å². The Morgan fingerprint density at radius 1 is 1.50 bits per heavy atom. The van der Waals surface area contributed by atoms with Crippen molar-refractivity contribution >= 4 is 37.0 Å². The van der Waals surface area contributed by atoms with Crippen molar-refractivity contribution in [1.29, 1.82) is 0 Å². The first-order valence-corrected chi connectivity index (χ1v) is 3.33. The summed E-state index contributed by atoms with van der Waals surface area (Å²) in [6, 6.07) is -0.816. The van der Waals surface area contributed by atoms with Crippen LogP contribution in [0.25, 0.3) is 0 Å². The van der Waals surface area contributed by atoms with Crippen LogP contribution >= 0.6 is 25.0 Å². The second-order valence-electron chi connectivity index (χ2n) is 1.65. The van der Waals surface area contributed by atoms with Gasteiger partial charge in [-0.1, -0.05) is 0 Å². The summed E-state index contributed by atoms with van der Waals surface area (Å²) in [5, 5.41) is 15.4. The molecular formula is C5H12ClNO4S. The van der Waals surface area contributed by atoms with Gasteiger partial charge in [0, 0.05) is 12.7 Å². The zero-order valence-electron chi connectivity index (χ0n) is 6.43. The fourth-order valence-electron chi connectivity index (χ4n) is 0.0781. The van der Waals surface area contributed by atoms with Gasteiger partial charge in [0.1, 0.15) is 6.04 Å². The number of thiol groups is 1. The van der Waals surface area contributed by atoms with E-state index in [2.05, 4.69) is 12.6 Å². The van der Waals surface area contributed by atoms with E-state index < -0.39 is 18.0 Å². The van der Waals surface area contributed by atoms with Crippen molar-refractivity contribution in [3.63, 3.8) is 0 Å². The summed E-state index contributed by atoms with van der Waals surface area (Å²) >= 11 is 3.65. The van der Waals surface area contributed by atoms with Crippen LogP contribution in [0, 0.1) is 0 Å². The third-order valence-corrected chi connectivity index (χ3v) is 0.907. The molecule has 0 bridgehead atoms. The topological polar surface area (TPSA) is 101 Å². The van der Waals surface area contributed by atoms with Crippen molar-refractivity contribution in [2.24, 2.45) is 5.73 Å². The molecule has 0 radical (unpaired) electrons. The van der Waals surface area contributed by atoms with Crippen molar-refractivity contribution < 1.29 is 19.8 Å². The minimum atomic E-state index is -1.00. The van der Waals surface area contributed by atoms with Crippen LogP contribution in [0.2, 0.25) is 0 Å². The van der Waals surface area contributed by atoms with E-state index in [1.165, 1.54) is 0 Å². The standard InChI is InChI=1S/C3H7NO2S.C2H4O2.ClH/c4-2(1-7)3(5)6;1-2(3)4;/h2,7H,1,4H2,(H,5,6);1H3,(H,3,4);1H/t2-;;/m0../s1. The molecule has 7 heteroatoms. The highest BCUT2D eigenvalue weighted by molar-refractivity contribution is 7.80. The third-order valence-electron chi connectivity index (χ3n) is 0.514. The van der Waals surface area contributed by atoms with Crippen LogP contribution in [-0.2, 0) is 9.59 Å². The molecule has 0 spiro atoms. The normalized spacial score (nSPS) is 9.92. The van der Waals surface area contributed by atoms with E-state index >= 15 is 0 Å². The van der Waals surface area contributed by atoms with Gasteiger partial charge < -0.3 is 15.9 Å². The molecule has 12 heavy (non-hydrogen) atoms. The van der Waals surface area contributed by atoms with Crippen LogP contribution in [0.15, 0.2) is 0 Å². The Balaban J connectivity index is -0.000000142. The molecular weight excluding hydrogens is 206 g/mol. The molecule has 1 atom stereocenters. The number of carboxylic acids is 2. The summed E-state index contributed by atoms with van der Waals surface area (Å²) in [6.45, 7) is 1.08. The van der Waals surface area contributed by atoms with E-state index in [9.17, 15) is 4.79 Å². The van der Waals surface area contributed by atoms with Gasteiger partial charge in [-0.2, -0.15) is 12.6 Å². The van der Waals surface area contributed by atoms with Gasteiger partial charge in [0.15, 0.2) is 0 Å². The number of halogens is 1. The Bertz CT molecular complexity index is 139. The number of nitrogens with two attached hydrogens (primary N) is 1. The summed E-state index contributed by atoms with van der Waals surface area (Å²) < 4.78 is 0. The van der Waals surface area contributed by atoms with Crippen LogP contribution in [0.3, 0.4) is 0 Å². The van der Waals surface area contributed by atoms with Crippen molar-refractivity contribution in [1.82, 2.24) is 0 Å². The van der Waals surface area contributed by atoms with E-state index in [1.807, 2.05) is 0 Å². The van der Waals surface area contributed by atoms with Gasteiger partial charge in [-0.05, 0) is 0 Å². The second kappa shape index (κ2) is 10.5. The lowest BCUT2D eigenvalue weighted by molar-refractivity contribution is -0.138. The lowest BCUT2D eigenvalue weighted by Gasteiger charge is -1.96. The van der Waals surface area contributed by atoms with Crippen LogP contribution in [0.1, 0.15) is 6.92 Å².